The Labute approximate surface area is 119 Å². The summed E-state index contributed by atoms with van der Waals surface area (Å²) in [6.07, 6.45) is 0.830. The fraction of sp³-hybridized carbons (Fsp3) is 0.533. The van der Waals surface area contributed by atoms with Gasteiger partial charge in [0.05, 0.1) is 13.7 Å². The van der Waals surface area contributed by atoms with E-state index in [0.29, 0.717) is 0 Å². The minimum Gasteiger partial charge on any atom is -0.494 e. The molecule has 0 bridgehead atoms. The lowest BCUT2D eigenvalue weighted by molar-refractivity contribution is -0.139. The van der Waals surface area contributed by atoms with E-state index in [9.17, 15) is 9.18 Å². The highest BCUT2D eigenvalue weighted by atomic mass is 19.1. The molecule has 1 aromatic carbocycles. The summed E-state index contributed by atoms with van der Waals surface area (Å²) in [5, 5.41) is 9.03. The first-order chi connectivity index (χ1) is 9.40. The molecule has 0 spiro atoms. The van der Waals surface area contributed by atoms with E-state index in [2.05, 4.69) is 0 Å². The largest absolute Gasteiger partial charge is 0.494 e. The third-order valence-electron chi connectivity index (χ3n) is 3.63. The smallest absolute Gasteiger partial charge is 0.317 e. The second-order valence-electron chi connectivity index (χ2n) is 4.89. The molecule has 0 aliphatic carbocycles. The van der Waals surface area contributed by atoms with Crippen molar-refractivity contribution in [3.8, 4) is 5.75 Å². The number of benzene rings is 1. The quantitative estimate of drug-likeness (QED) is 0.835. The fourth-order valence-corrected chi connectivity index (χ4v) is 2.20. The van der Waals surface area contributed by atoms with E-state index in [4.69, 9.17) is 9.84 Å². The molecule has 1 aromatic rings. The third-order valence-corrected chi connectivity index (χ3v) is 3.63. The van der Waals surface area contributed by atoms with E-state index < -0.39 is 11.8 Å². The molecule has 0 radical (unpaired) electrons. The van der Waals surface area contributed by atoms with Crippen molar-refractivity contribution in [2.45, 2.75) is 39.3 Å². The monoisotopic (exact) mass is 283 g/mol. The molecule has 0 saturated carbocycles. The Morgan fingerprint density at radius 2 is 2.10 bits per heavy atom. The molecule has 1 rings (SSSR count). The van der Waals surface area contributed by atoms with Crippen LogP contribution in [0, 0.1) is 5.82 Å². The van der Waals surface area contributed by atoms with Gasteiger partial charge in [0.2, 0.25) is 0 Å². The third kappa shape index (κ3) is 3.93. The summed E-state index contributed by atoms with van der Waals surface area (Å²) < 4.78 is 18.7. The normalized spacial score (nSPS) is 14.1. The van der Waals surface area contributed by atoms with Gasteiger partial charge in [-0.15, -0.1) is 0 Å². The molecule has 0 amide bonds. The number of carbonyl (C=O) groups is 1. The van der Waals surface area contributed by atoms with Gasteiger partial charge < -0.3 is 9.84 Å². The SMILES string of the molecule is CCC(C)N(CC(=O)O)C(C)c1ccc(OC)c(F)c1. The van der Waals surface area contributed by atoms with Gasteiger partial charge in [-0.05, 0) is 38.0 Å². The van der Waals surface area contributed by atoms with Crippen molar-refractivity contribution in [2.75, 3.05) is 13.7 Å². The summed E-state index contributed by atoms with van der Waals surface area (Å²) in [7, 11) is 1.41. The minimum atomic E-state index is -0.883. The molecule has 0 heterocycles. The molecule has 4 nitrogen and oxygen atoms in total. The summed E-state index contributed by atoms with van der Waals surface area (Å²) >= 11 is 0. The van der Waals surface area contributed by atoms with Crippen LogP contribution in [0.3, 0.4) is 0 Å². The number of rotatable bonds is 7. The number of carboxylic acids is 1. The molecule has 2 atom stereocenters. The summed E-state index contributed by atoms with van der Waals surface area (Å²) in [4.78, 5) is 12.8. The summed E-state index contributed by atoms with van der Waals surface area (Å²) in [6, 6.07) is 4.66. The molecular formula is C15H22FNO3. The molecule has 0 aromatic heterocycles. The standard InChI is InChI=1S/C15H22FNO3/c1-5-10(2)17(9-15(18)19)11(3)12-6-7-14(20-4)13(16)8-12/h6-8,10-11H,5,9H2,1-4H3,(H,18,19). The highest BCUT2D eigenvalue weighted by molar-refractivity contribution is 5.69. The van der Waals surface area contributed by atoms with Crippen molar-refractivity contribution < 1.29 is 19.0 Å². The van der Waals surface area contributed by atoms with Gasteiger partial charge in [0.15, 0.2) is 11.6 Å². The second kappa shape index (κ2) is 7.24. The summed E-state index contributed by atoms with van der Waals surface area (Å²) in [6.45, 7) is 5.79. The topological polar surface area (TPSA) is 49.8 Å². The van der Waals surface area contributed by atoms with Crippen LogP contribution in [0.25, 0.3) is 0 Å². The second-order valence-corrected chi connectivity index (χ2v) is 4.89. The maximum absolute atomic E-state index is 13.8. The zero-order valence-electron chi connectivity index (χ0n) is 12.4. The maximum Gasteiger partial charge on any atom is 0.317 e. The Hall–Kier alpha value is -1.62. The van der Waals surface area contributed by atoms with Crippen LogP contribution < -0.4 is 4.74 Å². The van der Waals surface area contributed by atoms with E-state index in [1.54, 1.807) is 12.1 Å². The van der Waals surface area contributed by atoms with Crippen molar-refractivity contribution in [3.05, 3.63) is 29.6 Å². The lowest BCUT2D eigenvalue weighted by Gasteiger charge is -2.33. The van der Waals surface area contributed by atoms with Crippen LogP contribution in [0.5, 0.6) is 5.75 Å². The van der Waals surface area contributed by atoms with Crippen LogP contribution in [-0.4, -0.2) is 35.7 Å². The van der Waals surface area contributed by atoms with Crippen LogP contribution >= 0.6 is 0 Å². The Bertz CT molecular complexity index is 464. The van der Waals surface area contributed by atoms with Crippen molar-refractivity contribution >= 4 is 5.97 Å². The lowest BCUT2D eigenvalue weighted by Crippen LogP contribution is -2.39. The molecular weight excluding hydrogens is 261 g/mol. The average Bonchev–Trinajstić information content (AvgIpc) is 2.42. The van der Waals surface area contributed by atoms with E-state index in [-0.39, 0.29) is 24.4 Å². The fourth-order valence-electron chi connectivity index (χ4n) is 2.20. The Morgan fingerprint density at radius 1 is 1.45 bits per heavy atom. The van der Waals surface area contributed by atoms with Crippen LogP contribution in [0.1, 0.15) is 38.8 Å². The van der Waals surface area contributed by atoms with Crippen LogP contribution in [0.2, 0.25) is 0 Å². The zero-order valence-corrected chi connectivity index (χ0v) is 12.4. The van der Waals surface area contributed by atoms with Crippen LogP contribution in [0.4, 0.5) is 4.39 Å². The van der Waals surface area contributed by atoms with Gasteiger partial charge in [-0.2, -0.15) is 0 Å². The Kier molecular flexibility index (Phi) is 5.95. The van der Waals surface area contributed by atoms with Crippen molar-refractivity contribution in [2.24, 2.45) is 0 Å². The van der Waals surface area contributed by atoms with E-state index in [1.165, 1.54) is 13.2 Å². The number of hydrogen-bond donors (Lipinski definition) is 1. The predicted molar refractivity (Wildman–Crippen MR) is 75.5 cm³/mol. The van der Waals surface area contributed by atoms with Crippen molar-refractivity contribution in [1.82, 2.24) is 4.90 Å². The number of carboxylic acid groups (broad SMARTS) is 1. The highest BCUT2D eigenvalue weighted by Crippen LogP contribution is 2.27. The number of nitrogens with zero attached hydrogens (tertiary/aromatic N) is 1. The highest BCUT2D eigenvalue weighted by Gasteiger charge is 2.23. The first-order valence-corrected chi connectivity index (χ1v) is 6.71. The molecule has 1 N–H and O–H groups in total. The van der Waals surface area contributed by atoms with E-state index in [1.807, 2.05) is 25.7 Å². The molecule has 20 heavy (non-hydrogen) atoms. The first-order valence-electron chi connectivity index (χ1n) is 6.71. The van der Waals surface area contributed by atoms with Gasteiger partial charge in [0.1, 0.15) is 0 Å². The molecule has 5 heteroatoms. The summed E-state index contributed by atoms with van der Waals surface area (Å²) in [5.41, 5.74) is 0.741. The zero-order chi connectivity index (χ0) is 15.3. The molecule has 0 saturated heterocycles. The molecule has 0 fully saturated rings. The number of halogens is 1. The van der Waals surface area contributed by atoms with Gasteiger partial charge in [-0.1, -0.05) is 13.0 Å². The number of aliphatic carboxylic acids is 1. The Morgan fingerprint density at radius 3 is 2.55 bits per heavy atom. The van der Waals surface area contributed by atoms with E-state index >= 15 is 0 Å². The predicted octanol–water partition coefficient (Wildman–Crippen LogP) is 3.08. The molecule has 0 aliphatic rings. The molecule has 112 valence electrons. The van der Waals surface area contributed by atoms with Crippen molar-refractivity contribution in [1.29, 1.82) is 0 Å². The van der Waals surface area contributed by atoms with Crippen molar-refractivity contribution in [3.63, 3.8) is 0 Å². The average molecular weight is 283 g/mol. The van der Waals surface area contributed by atoms with Gasteiger partial charge in [-0.25, -0.2) is 4.39 Å². The van der Waals surface area contributed by atoms with Crippen LogP contribution in [-0.2, 0) is 4.79 Å². The number of ether oxygens (including phenoxy) is 1. The maximum atomic E-state index is 13.8. The van der Waals surface area contributed by atoms with Crippen LogP contribution in [0.15, 0.2) is 18.2 Å². The minimum absolute atomic E-state index is 0.0657. The van der Waals surface area contributed by atoms with Gasteiger partial charge >= 0.3 is 5.97 Å². The lowest BCUT2D eigenvalue weighted by atomic mass is 10.0. The number of methoxy groups -OCH3 is 1. The first kappa shape index (κ1) is 16.4. The van der Waals surface area contributed by atoms with Gasteiger partial charge in [-0.3, -0.25) is 9.69 Å². The van der Waals surface area contributed by atoms with Gasteiger partial charge in [0.25, 0.3) is 0 Å². The molecule has 2 unspecified atom stereocenters. The molecule has 0 aliphatic heterocycles. The Balaban J connectivity index is 3.01. The van der Waals surface area contributed by atoms with E-state index in [0.717, 1.165) is 12.0 Å². The number of hydrogen-bond acceptors (Lipinski definition) is 3. The van der Waals surface area contributed by atoms with Gasteiger partial charge in [0, 0.05) is 12.1 Å². The summed E-state index contributed by atoms with van der Waals surface area (Å²) in [5.74, 6) is -1.13.